The molecule has 2 fully saturated rings. The predicted molar refractivity (Wildman–Crippen MR) is 88.0 cm³/mol. The van der Waals surface area contributed by atoms with Crippen LogP contribution in [0.25, 0.3) is 0 Å². The van der Waals surface area contributed by atoms with Crippen molar-refractivity contribution in [1.82, 2.24) is 4.90 Å². The van der Waals surface area contributed by atoms with Crippen LogP contribution in [0.2, 0.25) is 0 Å². The molecule has 0 radical (unpaired) electrons. The molecule has 2 saturated heterocycles. The van der Waals surface area contributed by atoms with Gasteiger partial charge in [0.2, 0.25) is 11.8 Å². The van der Waals surface area contributed by atoms with Crippen LogP contribution in [0.15, 0.2) is 36.4 Å². The Kier molecular flexibility index (Phi) is 3.19. The molecule has 1 aromatic rings. The van der Waals surface area contributed by atoms with Gasteiger partial charge in [0.05, 0.1) is 25.0 Å². The molecule has 130 valence electrons. The number of anilines is 1. The zero-order valence-corrected chi connectivity index (χ0v) is 14.1. The highest BCUT2D eigenvalue weighted by Crippen LogP contribution is 2.47. The van der Waals surface area contributed by atoms with Crippen LogP contribution in [0, 0.1) is 11.8 Å². The SMILES string of the molecule is COc1ccc(N2C(=O)O[C@@]3(C)C=C[C@H]4C(=O)N(C)C(=O)[C@H]4[C@@H]23)cc1. The van der Waals surface area contributed by atoms with Gasteiger partial charge in [0, 0.05) is 12.7 Å². The summed E-state index contributed by atoms with van der Waals surface area (Å²) in [6, 6.07) is 6.38. The van der Waals surface area contributed by atoms with Crippen molar-refractivity contribution in [2.75, 3.05) is 19.1 Å². The van der Waals surface area contributed by atoms with Crippen LogP contribution in [-0.2, 0) is 14.3 Å². The fourth-order valence-electron chi connectivity index (χ4n) is 4.02. The summed E-state index contributed by atoms with van der Waals surface area (Å²) in [4.78, 5) is 40.2. The van der Waals surface area contributed by atoms with Gasteiger partial charge in [-0.05, 0) is 37.3 Å². The van der Waals surface area contributed by atoms with E-state index in [2.05, 4.69) is 0 Å². The highest BCUT2D eigenvalue weighted by molar-refractivity contribution is 6.08. The fourth-order valence-corrected chi connectivity index (χ4v) is 4.02. The fraction of sp³-hybridized carbons (Fsp3) is 0.389. The quantitative estimate of drug-likeness (QED) is 0.602. The largest absolute Gasteiger partial charge is 0.497 e. The van der Waals surface area contributed by atoms with Crippen molar-refractivity contribution >= 4 is 23.6 Å². The van der Waals surface area contributed by atoms with Gasteiger partial charge < -0.3 is 9.47 Å². The summed E-state index contributed by atoms with van der Waals surface area (Å²) in [7, 11) is 3.04. The van der Waals surface area contributed by atoms with Crippen molar-refractivity contribution in [3.63, 3.8) is 0 Å². The van der Waals surface area contributed by atoms with Crippen molar-refractivity contribution in [2.45, 2.75) is 18.6 Å². The Balaban J connectivity index is 1.81. The second-order valence-electron chi connectivity index (χ2n) is 6.71. The van der Waals surface area contributed by atoms with Crippen LogP contribution in [0.3, 0.4) is 0 Å². The first kappa shape index (κ1) is 15.7. The second-order valence-corrected chi connectivity index (χ2v) is 6.71. The number of ether oxygens (including phenoxy) is 2. The lowest BCUT2D eigenvalue weighted by atomic mass is 9.74. The topological polar surface area (TPSA) is 76.2 Å². The molecule has 0 unspecified atom stereocenters. The van der Waals surface area contributed by atoms with E-state index in [1.54, 1.807) is 50.5 Å². The van der Waals surface area contributed by atoms with E-state index in [0.29, 0.717) is 11.4 Å². The molecule has 7 heteroatoms. The Labute approximate surface area is 144 Å². The molecule has 0 spiro atoms. The molecule has 7 nitrogen and oxygen atoms in total. The minimum Gasteiger partial charge on any atom is -0.497 e. The van der Waals surface area contributed by atoms with E-state index in [9.17, 15) is 14.4 Å². The molecule has 3 amide bonds. The molecule has 1 aliphatic carbocycles. The summed E-state index contributed by atoms with van der Waals surface area (Å²) in [6.07, 6.45) is 2.89. The zero-order chi connectivity index (χ0) is 17.9. The van der Waals surface area contributed by atoms with Crippen LogP contribution in [0.1, 0.15) is 6.92 Å². The Morgan fingerprint density at radius 3 is 2.44 bits per heavy atom. The summed E-state index contributed by atoms with van der Waals surface area (Å²) in [5, 5.41) is 0. The molecule has 3 aliphatic rings. The highest BCUT2D eigenvalue weighted by atomic mass is 16.6. The molecule has 25 heavy (non-hydrogen) atoms. The molecule has 2 aliphatic heterocycles. The van der Waals surface area contributed by atoms with Gasteiger partial charge >= 0.3 is 6.09 Å². The lowest BCUT2D eigenvalue weighted by Gasteiger charge is -2.37. The molecule has 4 atom stereocenters. The van der Waals surface area contributed by atoms with E-state index in [1.807, 2.05) is 0 Å². The van der Waals surface area contributed by atoms with Gasteiger partial charge in [-0.3, -0.25) is 19.4 Å². The first-order chi connectivity index (χ1) is 11.9. The van der Waals surface area contributed by atoms with Crippen molar-refractivity contribution in [2.24, 2.45) is 11.8 Å². The summed E-state index contributed by atoms with van der Waals surface area (Å²) < 4.78 is 10.7. The van der Waals surface area contributed by atoms with E-state index in [1.165, 1.54) is 11.9 Å². The zero-order valence-electron chi connectivity index (χ0n) is 14.1. The number of rotatable bonds is 2. The van der Waals surface area contributed by atoms with Crippen LogP contribution in [0.4, 0.5) is 10.5 Å². The average Bonchev–Trinajstić information content (AvgIpc) is 2.99. The number of benzene rings is 1. The number of nitrogens with zero attached hydrogens (tertiary/aromatic N) is 2. The third-order valence-electron chi connectivity index (χ3n) is 5.31. The molecular formula is C18H18N2O5. The van der Waals surface area contributed by atoms with Crippen molar-refractivity contribution in [3.8, 4) is 5.75 Å². The Morgan fingerprint density at radius 1 is 1.12 bits per heavy atom. The number of amides is 3. The number of likely N-dealkylation sites (tertiary alicyclic amines) is 1. The minimum absolute atomic E-state index is 0.248. The van der Waals surface area contributed by atoms with Gasteiger partial charge in [-0.15, -0.1) is 0 Å². The summed E-state index contributed by atoms with van der Waals surface area (Å²) in [6.45, 7) is 1.77. The minimum atomic E-state index is -0.959. The van der Waals surface area contributed by atoms with Crippen LogP contribution in [0.5, 0.6) is 5.75 Å². The third-order valence-corrected chi connectivity index (χ3v) is 5.31. The average molecular weight is 342 g/mol. The van der Waals surface area contributed by atoms with Crippen molar-refractivity contribution < 1.29 is 23.9 Å². The van der Waals surface area contributed by atoms with E-state index in [4.69, 9.17) is 9.47 Å². The Morgan fingerprint density at radius 2 is 1.80 bits per heavy atom. The molecule has 1 aromatic carbocycles. The molecule has 4 rings (SSSR count). The third kappa shape index (κ3) is 2.01. The smallest absolute Gasteiger partial charge is 0.415 e. The number of carbonyl (C=O) groups is 3. The van der Waals surface area contributed by atoms with Crippen LogP contribution >= 0.6 is 0 Å². The van der Waals surface area contributed by atoms with Gasteiger partial charge in [0.25, 0.3) is 0 Å². The number of hydrogen-bond donors (Lipinski definition) is 0. The molecule has 0 aromatic heterocycles. The van der Waals surface area contributed by atoms with E-state index < -0.39 is 29.6 Å². The number of carbonyl (C=O) groups excluding carboxylic acids is 3. The number of fused-ring (bicyclic) bond motifs is 3. The highest BCUT2D eigenvalue weighted by Gasteiger charge is 2.63. The number of methoxy groups -OCH3 is 1. The van der Waals surface area contributed by atoms with E-state index in [0.717, 1.165) is 4.90 Å². The summed E-state index contributed by atoms with van der Waals surface area (Å²) in [5.41, 5.74) is -0.359. The second kappa shape index (κ2) is 5.08. The lowest BCUT2D eigenvalue weighted by molar-refractivity contribution is -0.138. The van der Waals surface area contributed by atoms with Gasteiger partial charge in [-0.1, -0.05) is 6.08 Å². The Bertz CT molecular complexity index is 802. The number of imide groups is 1. The first-order valence-corrected chi connectivity index (χ1v) is 8.04. The maximum absolute atomic E-state index is 12.7. The Hall–Kier alpha value is -2.83. The van der Waals surface area contributed by atoms with Crippen LogP contribution < -0.4 is 9.64 Å². The van der Waals surface area contributed by atoms with Gasteiger partial charge in [-0.25, -0.2) is 4.79 Å². The summed E-state index contributed by atoms with van der Waals surface area (Å²) in [5.74, 6) is -1.09. The number of hydrogen-bond acceptors (Lipinski definition) is 5. The standard InChI is InChI=1S/C18H18N2O5/c1-18-9-8-12-13(16(22)19(2)15(12)21)14(18)20(17(23)25-18)10-4-6-11(24-3)7-5-10/h4-9,12-14H,1-3H3/t12-,13-,14-,18+/m1/s1. The maximum Gasteiger partial charge on any atom is 0.415 e. The predicted octanol–water partition coefficient (Wildman–Crippen LogP) is 1.58. The molecule has 0 saturated carbocycles. The monoisotopic (exact) mass is 342 g/mol. The summed E-state index contributed by atoms with van der Waals surface area (Å²) >= 11 is 0. The maximum atomic E-state index is 12.7. The van der Waals surface area contributed by atoms with Gasteiger partial charge in [-0.2, -0.15) is 0 Å². The normalized spacial score (nSPS) is 33.4. The molecule has 0 bridgehead atoms. The van der Waals surface area contributed by atoms with E-state index in [-0.39, 0.29) is 11.8 Å². The molecular weight excluding hydrogens is 324 g/mol. The molecule has 0 N–H and O–H groups in total. The first-order valence-electron chi connectivity index (χ1n) is 8.04. The van der Waals surface area contributed by atoms with Crippen LogP contribution in [-0.4, -0.2) is 48.6 Å². The van der Waals surface area contributed by atoms with Gasteiger partial charge in [0.1, 0.15) is 5.75 Å². The van der Waals surface area contributed by atoms with Gasteiger partial charge in [0.15, 0.2) is 5.60 Å². The molecule has 2 heterocycles. The van der Waals surface area contributed by atoms with E-state index >= 15 is 0 Å². The van der Waals surface area contributed by atoms with Crippen molar-refractivity contribution in [3.05, 3.63) is 36.4 Å². The lowest BCUT2D eigenvalue weighted by Crippen LogP contribution is -2.53. The van der Waals surface area contributed by atoms with Crippen molar-refractivity contribution in [1.29, 1.82) is 0 Å².